The maximum Gasteiger partial charge on any atom is 0.255 e. The summed E-state index contributed by atoms with van der Waals surface area (Å²) < 4.78 is 0. The predicted octanol–water partition coefficient (Wildman–Crippen LogP) is -0.579. The zero-order valence-electron chi connectivity index (χ0n) is 8.64. The lowest BCUT2D eigenvalue weighted by Crippen LogP contribution is -2.51. The summed E-state index contributed by atoms with van der Waals surface area (Å²) in [6, 6.07) is 8.89. The summed E-state index contributed by atoms with van der Waals surface area (Å²) in [5, 5.41) is 0.000242. The molecule has 6 heteroatoms. The molecular formula is C10H14N4OS. The second-order valence-electron chi connectivity index (χ2n) is 3.27. The van der Waals surface area contributed by atoms with Crippen LogP contribution >= 0.6 is 12.2 Å². The largest absolute Gasteiger partial charge is 0.375 e. The van der Waals surface area contributed by atoms with Crippen LogP contribution in [-0.4, -0.2) is 17.1 Å². The Bertz CT molecular complexity index is 368. The lowest BCUT2D eigenvalue weighted by Gasteiger charge is -2.12. The van der Waals surface area contributed by atoms with Crippen molar-refractivity contribution in [2.75, 3.05) is 0 Å². The Morgan fingerprint density at radius 3 is 2.50 bits per heavy atom. The third-order valence-corrected chi connectivity index (χ3v) is 2.05. The number of hydrogen-bond donors (Lipinski definition) is 4. The van der Waals surface area contributed by atoms with Crippen LogP contribution in [0.3, 0.4) is 0 Å². The monoisotopic (exact) mass is 238 g/mol. The molecule has 0 fully saturated rings. The number of carbonyl (C=O) groups is 1. The maximum absolute atomic E-state index is 11.4. The molecule has 5 nitrogen and oxygen atoms in total. The number of nitrogens with one attached hydrogen (secondary N) is 2. The highest BCUT2D eigenvalue weighted by molar-refractivity contribution is 7.80. The molecule has 0 aliphatic rings. The van der Waals surface area contributed by atoms with Gasteiger partial charge in [-0.25, -0.2) is 0 Å². The number of nitrogens with two attached hydrogens (primary N) is 2. The number of amides is 1. The van der Waals surface area contributed by atoms with Crippen LogP contribution < -0.4 is 22.3 Å². The number of hydrazine groups is 1. The average Bonchev–Trinajstić information content (AvgIpc) is 2.27. The smallest absolute Gasteiger partial charge is 0.255 e. The molecule has 0 saturated carbocycles. The molecule has 0 radical (unpaired) electrons. The molecule has 0 aromatic heterocycles. The fourth-order valence-electron chi connectivity index (χ4n) is 1.18. The molecule has 0 aliphatic heterocycles. The van der Waals surface area contributed by atoms with Crippen molar-refractivity contribution >= 4 is 23.2 Å². The van der Waals surface area contributed by atoms with Crippen molar-refractivity contribution in [2.24, 2.45) is 11.5 Å². The molecule has 1 amide bonds. The Hall–Kier alpha value is -1.66. The number of rotatable bonds is 3. The van der Waals surface area contributed by atoms with E-state index >= 15 is 0 Å². The quantitative estimate of drug-likeness (QED) is 0.418. The highest BCUT2D eigenvalue weighted by Gasteiger charge is 2.13. The molecule has 1 atom stereocenters. The summed E-state index contributed by atoms with van der Waals surface area (Å²) in [7, 11) is 0. The van der Waals surface area contributed by atoms with E-state index in [9.17, 15) is 4.79 Å². The van der Waals surface area contributed by atoms with Crippen molar-refractivity contribution < 1.29 is 4.79 Å². The van der Waals surface area contributed by atoms with Crippen LogP contribution in [-0.2, 0) is 11.2 Å². The average molecular weight is 238 g/mol. The molecule has 0 bridgehead atoms. The Balaban J connectivity index is 2.43. The van der Waals surface area contributed by atoms with Gasteiger partial charge in [0.05, 0.1) is 6.04 Å². The van der Waals surface area contributed by atoms with Crippen LogP contribution in [0.5, 0.6) is 0 Å². The van der Waals surface area contributed by atoms with Gasteiger partial charge in [0, 0.05) is 0 Å². The van der Waals surface area contributed by atoms with Gasteiger partial charge in [-0.05, 0) is 24.2 Å². The zero-order valence-corrected chi connectivity index (χ0v) is 9.46. The van der Waals surface area contributed by atoms with E-state index in [1.807, 2.05) is 30.3 Å². The summed E-state index contributed by atoms with van der Waals surface area (Å²) in [4.78, 5) is 11.4. The lowest BCUT2D eigenvalue weighted by molar-refractivity contribution is -0.122. The van der Waals surface area contributed by atoms with E-state index in [-0.39, 0.29) is 11.0 Å². The molecule has 6 N–H and O–H groups in total. The van der Waals surface area contributed by atoms with Gasteiger partial charge < -0.3 is 11.5 Å². The van der Waals surface area contributed by atoms with E-state index in [0.717, 1.165) is 5.56 Å². The third-order valence-electron chi connectivity index (χ3n) is 1.94. The van der Waals surface area contributed by atoms with Gasteiger partial charge in [0.25, 0.3) is 5.91 Å². The molecule has 86 valence electrons. The van der Waals surface area contributed by atoms with E-state index in [1.54, 1.807) is 0 Å². The molecule has 1 unspecified atom stereocenters. The number of carbonyl (C=O) groups excluding carboxylic acids is 1. The molecule has 0 spiro atoms. The molecule has 16 heavy (non-hydrogen) atoms. The number of hydrogen-bond acceptors (Lipinski definition) is 3. The zero-order chi connectivity index (χ0) is 12.0. The van der Waals surface area contributed by atoms with Gasteiger partial charge in [-0.3, -0.25) is 15.6 Å². The number of thiocarbonyl (C=S) groups is 1. The van der Waals surface area contributed by atoms with Crippen LogP contribution in [0.4, 0.5) is 0 Å². The summed E-state index contributed by atoms with van der Waals surface area (Å²) in [6.45, 7) is 0. The first-order valence-corrected chi connectivity index (χ1v) is 5.15. The first-order chi connectivity index (χ1) is 7.59. The second kappa shape index (κ2) is 6.04. The first kappa shape index (κ1) is 12.4. The Morgan fingerprint density at radius 1 is 1.31 bits per heavy atom. The standard InChI is InChI=1S/C10H14N4OS/c11-8(9(15)13-14-10(12)16)6-7-4-2-1-3-5-7/h1-5,8H,6,11H2,(H,13,15)(H3,12,14,16). The topological polar surface area (TPSA) is 93.2 Å². The van der Waals surface area contributed by atoms with Gasteiger partial charge in [0.15, 0.2) is 5.11 Å². The first-order valence-electron chi connectivity index (χ1n) is 4.74. The van der Waals surface area contributed by atoms with Crippen molar-refractivity contribution in [3.8, 4) is 0 Å². The predicted molar refractivity (Wildman–Crippen MR) is 66.2 cm³/mol. The molecule has 0 saturated heterocycles. The highest BCUT2D eigenvalue weighted by atomic mass is 32.1. The van der Waals surface area contributed by atoms with Crippen LogP contribution in [0, 0.1) is 0 Å². The van der Waals surface area contributed by atoms with Crippen molar-refractivity contribution in [3.63, 3.8) is 0 Å². The Morgan fingerprint density at radius 2 is 1.94 bits per heavy atom. The van der Waals surface area contributed by atoms with Gasteiger partial charge in [-0.15, -0.1) is 0 Å². The fraction of sp³-hybridized carbons (Fsp3) is 0.200. The molecule has 0 aliphatic carbocycles. The van der Waals surface area contributed by atoms with Gasteiger partial charge in [0.1, 0.15) is 0 Å². The molecular weight excluding hydrogens is 224 g/mol. The van der Waals surface area contributed by atoms with Crippen molar-refractivity contribution in [1.29, 1.82) is 0 Å². The minimum atomic E-state index is -0.635. The van der Waals surface area contributed by atoms with E-state index in [0.29, 0.717) is 6.42 Å². The number of benzene rings is 1. The van der Waals surface area contributed by atoms with E-state index < -0.39 is 6.04 Å². The molecule has 1 aromatic carbocycles. The van der Waals surface area contributed by atoms with Gasteiger partial charge in [-0.2, -0.15) is 0 Å². The third kappa shape index (κ3) is 4.24. The molecule has 1 rings (SSSR count). The Kier molecular flexibility index (Phi) is 4.68. The van der Waals surface area contributed by atoms with Gasteiger partial charge >= 0.3 is 0 Å². The Labute approximate surface area is 99.2 Å². The molecule has 0 heterocycles. The summed E-state index contributed by atoms with van der Waals surface area (Å²) in [5.74, 6) is -0.350. The van der Waals surface area contributed by atoms with Crippen LogP contribution in [0.25, 0.3) is 0 Å². The van der Waals surface area contributed by atoms with Gasteiger partial charge in [-0.1, -0.05) is 30.3 Å². The van der Waals surface area contributed by atoms with E-state index in [1.165, 1.54) is 0 Å². The van der Waals surface area contributed by atoms with Crippen LogP contribution in [0.2, 0.25) is 0 Å². The summed E-state index contributed by atoms with van der Waals surface area (Å²) >= 11 is 4.54. The van der Waals surface area contributed by atoms with E-state index in [2.05, 4.69) is 23.1 Å². The lowest BCUT2D eigenvalue weighted by atomic mass is 10.1. The van der Waals surface area contributed by atoms with E-state index in [4.69, 9.17) is 11.5 Å². The van der Waals surface area contributed by atoms with Gasteiger partial charge in [0.2, 0.25) is 0 Å². The summed E-state index contributed by atoms with van der Waals surface area (Å²) in [5.41, 5.74) is 16.5. The summed E-state index contributed by atoms with van der Waals surface area (Å²) in [6.07, 6.45) is 0.464. The molecule has 1 aromatic rings. The van der Waals surface area contributed by atoms with Crippen molar-refractivity contribution in [3.05, 3.63) is 35.9 Å². The van der Waals surface area contributed by atoms with Crippen LogP contribution in [0.15, 0.2) is 30.3 Å². The highest BCUT2D eigenvalue weighted by Crippen LogP contribution is 2.01. The maximum atomic E-state index is 11.4. The second-order valence-corrected chi connectivity index (χ2v) is 3.71. The fourth-order valence-corrected chi connectivity index (χ4v) is 1.23. The normalized spacial score (nSPS) is 11.6. The minimum Gasteiger partial charge on any atom is -0.375 e. The SMILES string of the molecule is NC(=S)NNC(=O)C(N)Cc1ccccc1. The van der Waals surface area contributed by atoms with Crippen LogP contribution in [0.1, 0.15) is 5.56 Å². The minimum absolute atomic E-state index is 0.000242. The van der Waals surface area contributed by atoms with Crippen molar-refractivity contribution in [2.45, 2.75) is 12.5 Å². The van der Waals surface area contributed by atoms with Crippen molar-refractivity contribution in [1.82, 2.24) is 10.9 Å².